The standard InChI is InChI=1S/C25H25N5O4/c1-17-7-3-4-9-19(17)15-29-16-27-23-21(24(29)32)14-28-30(23)12-11-26-22(31)13-18-8-5-6-10-20(18)25(33)34-2/h3-10,14,16H,11-13,15H2,1-2H3,(H,26,31). The van der Waals surface area contributed by atoms with Crippen LogP contribution in [-0.4, -0.2) is 44.9 Å². The van der Waals surface area contributed by atoms with Crippen LogP contribution in [0.2, 0.25) is 0 Å². The van der Waals surface area contributed by atoms with Gasteiger partial charge in [-0.1, -0.05) is 42.5 Å². The SMILES string of the molecule is COC(=O)c1ccccc1CC(=O)NCCn1ncc2c(=O)n(Cc3ccccc3C)cnc21. The van der Waals surface area contributed by atoms with Crippen molar-refractivity contribution in [2.75, 3.05) is 13.7 Å². The normalized spacial score (nSPS) is 10.9. The van der Waals surface area contributed by atoms with E-state index in [0.717, 1.165) is 11.1 Å². The predicted octanol–water partition coefficient (Wildman–Crippen LogP) is 2.10. The average molecular weight is 460 g/mol. The zero-order chi connectivity index (χ0) is 24.1. The van der Waals surface area contributed by atoms with E-state index >= 15 is 0 Å². The van der Waals surface area contributed by atoms with Crippen molar-refractivity contribution in [3.8, 4) is 0 Å². The van der Waals surface area contributed by atoms with E-state index in [1.165, 1.54) is 19.6 Å². The molecule has 34 heavy (non-hydrogen) atoms. The van der Waals surface area contributed by atoms with Crippen LogP contribution in [0, 0.1) is 6.92 Å². The molecule has 0 atom stereocenters. The summed E-state index contributed by atoms with van der Waals surface area (Å²) in [5, 5.41) is 7.52. The Labute approximate surface area is 196 Å². The second kappa shape index (κ2) is 10.1. The largest absolute Gasteiger partial charge is 0.465 e. The lowest BCUT2D eigenvalue weighted by molar-refractivity contribution is -0.120. The number of fused-ring (bicyclic) bond motifs is 1. The third-order valence-electron chi connectivity index (χ3n) is 5.64. The zero-order valence-electron chi connectivity index (χ0n) is 19.0. The molecule has 0 saturated carbocycles. The highest BCUT2D eigenvalue weighted by molar-refractivity contribution is 5.93. The number of aryl methyl sites for hydroxylation is 1. The van der Waals surface area contributed by atoms with E-state index in [4.69, 9.17) is 4.74 Å². The maximum absolute atomic E-state index is 12.9. The van der Waals surface area contributed by atoms with E-state index in [-0.39, 0.29) is 17.9 Å². The van der Waals surface area contributed by atoms with Crippen LogP contribution < -0.4 is 10.9 Å². The maximum atomic E-state index is 12.9. The number of benzene rings is 2. The summed E-state index contributed by atoms with van der Waals surface area (Å²) in [6.07, 6.45) is 3.08. The van der Waals surface area contributed by atoms with E-state index in [1.807, 2.05) is 31.2 Å². The van der Waals surface area contributed by atoms with Crippen LogP contribution >= 0.6 is 0 Å². The van der Waals surface area contributed by atoms with Gasteiger partial charge in [0.05, 0.1) is 38.4 Å². The Morgan fingerprint density at radius 1 is 1.06 bits per heavy atom. The summed E-state index contributed by atoms with van der Waals surface area (Å²) in [6, 6.07) is 14.7. The first-order valence-electron chi connectivity index (χ1n) is 10.9. The van der Waals surface area contributed by atoms with Crippen molar-refractivity contribution in [3.63, 3.8) is 0 Å². The van der Waals surface area contributed by atoms with Crippen molar-refractivity contribution in [1.29, 1.82) is 0 Å². The van der Waals surface area contributed by atoms with Crippen molar-refractivity contribution in [2.24, 2.45) is 0 Å². The molecule has 1 amide bonds. The number of carbonyl (C=O) groups is 2. The molecule has 4 rings (SSSR count). The number of aromatic nitrogens is 4. The molecule has 9 heteroatoms. The first-order chi connectivity index (χ1) is 16.5. The minimum Gasteiger partial charge on any atom is -0.465 e. The van der Waals surface area contributed by atoms with Gasteiger partial charge in [-0.2, -0.15) is 5.10 Å². The number of hydrogen-bond donors (Lipinski definition) is 1. The van der Waals surface area contributed by atoms with Crippen LogP contribution in [-0.2, 0) is 29.0 Å². The predicted molar refractivity (Wildman–Crippen MR) is 127 cm³/mol. The summed E-state index contributed by atoms with van der Waals surface area (Å²) in [5.41, 5.74) is 3.42. The molecule has 0 radical (unpaired) electrons. The Morgan fingerprint density at radius 2 is 1.79 bits per heavy atom. The fourth-order valence-electron chi connectivity index (χ4n) is 3.76. The lowest BCUT2D eigenvalue weighted by Gasteiger charge is -2.10. The van der Waals surface area contributed by atoms with Gasteiger partial charge in [-0.3, -0.25) is 14.2 Å². The molecular weight excluding hydrogens is 434 g/mol. The molecule has 2 aromatic carbocycles. The molecule has 0 spiro atoms. The monoisotopic (exact) mass is 459 g/mol. The summed E-state index contributed by atoms with van der Waals surface area (Å²) >= 11 is 0. The molecule has 2 heterocycles. The van der Waals surface area contributed by atoms with Crippen LogP contribution in [0.4, 0.5) is 0 Å². The first kappa shape index (κ1) is 22.9. The van der Waals surface area contributed by atoms with Gasteiger partial charge >= 0.3 is 5.97 Å². The molecule has 0 bridgehead atoms. The maximum Gasteiger partial charge on any atom is 0.338 e. The molecule has 0 saturated heterocycles. The summed E-state index contributed by atoms with van der Waals surface area (Å²) < 4.78 is 7.93. The summed E-state index contributed by atoms with van der Waals surface area (Å²) in [5.74, 6) is -0.716. The molecular formula is C25H25N5O4. The van der Waals surface area contributed by atoms with E-state index in [1.54, 1.807) is 33.5 Å². The number of carbonyl (C=O) groups excluding carboxylic acids is 2. The average Bonchev–Trinajstić information content (AvgIpc) is 3.25. The van der Waals surface area contributed by atoms with E-state index in [2.05, 4.69) is 15.4 Å². The lowest BCUT2D eigenvalue weighted by Crippen LogP contribution is -2.29. The summed E-state index contributed by atoms with van der Waals surface area (Å²) in [6.45, 7) is 3.08. The van der Waals surface area contributed by atoms with Gasteiger partial charge < -0.3 is 10.1 Å². The Morgan fingerprint density at radius 3 is 2.56 bits per heavy atom. The molecule has 0 aliphatic heterocycles. The quantitative estimate of drug-likeness (QED) is 0.404. The second-order valence-corrected chi connectivity index (χ2v) is 7.88. The number of methoxy groups -OCH3 is 1. The summed E-state index contributed by atoms with van der Waals surface area (Å²) in [7, 11) is 1.30. The second-order valence-electron chi connectivity index (χ2n) is 7.88. The minimum atomic E-state index is -0.481. The van der Waals surface area contributed by atoms with Crippen LogP contribution in [0.5, 0.6) is 0 Å². The molecule has 1 N–H and O–H groups in total. The highest BCUT2D eigenvalue weighted by Crippen LogP contribution is 2.12. The Kier molecular flexibility index (Phi) is 6.82. The molecule has 2 aromatic heterocycles. The molecule has 0 aliphatic rings. The number of hydrogen-bond acceptors (Lipinski definition) is 6. The van der Waals surface area contributed by atoms with Gasteiger partial charge in [0.2, 0.25) is 5.91 Å². The third kappa shape index (κ3) is 4.88. The first-order valence-corrected chi connectivity index (χ1v) is 10.9. The fourth-order valence-corrected chi connectivity index (χ4v) is 3.76. The van der Waals surface area contributed by atoms with E-state index < -0.39 is 5.97 Å². The van der Waals surface area contributed by atoms with Gasteiger partial charge in [0.1, 0.15) is 11.7 Å². The fraction of sp³-hybridized carbons (Fsp3) is 0.240. The van der Waals surface area contributed by atoms with Crippen molar-refractivity contribution >= 4 is 22.9 Å². The number of nitrogens with zero attached hydrogens (tertiary/aromatic N) is 4. The van der Waals surface area contributed by atoms with Gasteiger partial charge in [0.25, 0.3) is 5.56 Å². The molecule has 9 nitrogen and oxygen atoms in total. The van der Waals surface area contributed by atoms with Crippen LogP contribution in [0.3, 0.4) is 0 Å². The van der Waals surface area contributed by atoms with Crippen molar-refractivity contribution in [2.45, 2.75) is 26.4 Å². The molecule has 0 unspecified atom stereocenters. The van der Waals surface area contributed by atoms with Crippen molar-refractivity contribution in [3.05, 3.63) is 93.7 Å². The van der Waals surface area contributed by atoms with Crippen molar-refractivity contribution in [1.82, 2.24) is 24.6 Å². The number of esters is 1. The Hall–Kier alpha value is -4.27. The van der Waals surface area contributed by atoms with Crippen LogP contribution in [0.25, 0.3) is 11.0 Å². The number of rotatable bonds is 8. The number of amides is 1. The molecule has 0 aliphatic carbocycles. The molecule has 174 valence electrons. The number of nitrogens with one attached hydrogen (secondary N) is 1. The Balaban J connectivity index is 1.40. The summed E-state index contributed by atoms with van der Waals surface area (Å²) in [4.78, 5) is 41.6. The zero-order valence-corrected chi connectivity index (χ0v) is 19.0. The van der Waals surface area contributed by atoms with Crippen LogP contribution in [0.15, 0.2) is 65.8 Å². The highest BCUT2D eigenvalue weighted by Gasteiger charge is 2.14. The number of ether oxygens (including phenoxy) is 1. The van der Waals surface area contributed by atoms with E-state index in [9.17, 15) is 14.4 Å². The van der Waals surface area contributed by atoms with Gasteiger partial charge in [-0.25, -0.2) is 14.5 Å². The topological polar surface area (TPSA) is 108 Å². The highest BCUT2D eigenvalue weighted by atomic mass is 16.5. The van der Waals surface area contributed by atoms with Gasteiger partial charge in [0.15, 0.2) is 5.65 Å². The minimum absolute atomic E-state index is 0.0486. The van der Waals surface area contributed by atoms with Crippen molar-refractivity contribution < 1.29 is 14.3 Å². The lowest BCUT2D eigenvalue weighted by atomic mass is 10.0. The Bertz CT molecular complexity index is 1410. The van der Waals surface area contributed by atoms with Gasteiger partial charge in [0, 0.05) is 6.54 Å². The smallest absolute Gasteiger partial charge is 0.338 e. The van der Waals surface area contributed by atoms with Crippen LogP contribution in [0.1, 0.15) is 27.0 Å². The van der Waals surface area contributed by atoms with Gasteiger partial charge in [-0.05, 0) is 29.7 Å². The molecule has 0 fully saturated rings. The molecule has 4 aromatic rings. The van der Waals surface area contributed by atoms with E-state index in [0.29, 0.717) is 41.8 Å². The van der Waals surface area contributed by atoms with Gasteiger partial charge in [-0.15, -0.1) is 0 Å². The third-order valence-corrected chi connectivity index (χ3v) is 5.64.